The van der Waals surface area contributed by atoms with Crippen molar-refractivity contribution >= 4 is 17.3 Å². The van der Waals surface area contributed by atoms with Crippen LogP contribution in [-0.2, 0) is 0 Å². The van der Waals surface area contributed by atoms with Crippen LogP contribution in [0, 0.1) is 0 Å². The number of nitrogen functional groups attached to an aromatic ring is 1. The van der Waals surface area contributed by atoms with E-state index in [1.165, 1.54) is 0 Å². The molecular weight excluding hydrogens is 278 g/mol. The van der Waals surface area contributed by atoms with Crippen molar-refractivity contribution in [3.05, 3.63) is 66.7 Å². The number of amides is 1. The standard InChI is InChI=1S/C16H13N5O/c17-12-3-1-7-19-14(12)15-13(4-2-8-20-15)21-16(22)11-5-9-18-10-6-11/h1-10H,17H2,(H,21,22). The molecule has 3 aromatic heterocycles. The van der Waals surface area contributed by atoms with E-state index in [4.69, 9.17) is 5.73 Å². The van der Waals surface area contributed by atoms with Gasteiger partial charge in [0, 0.05) is 30.4 Å². The van der Waals surface area contributed by atoms with E-state index >= 15 is 0 Å². The molecule has 6 nitrogen and oxygen atoms in total. The molecule has 0 bridgehead atoms. The third-order valence-corrected chi connectivity index (χ3v) is 3.06. The molecule has 3 heterocycles. The van der Waals surface area contributed by atoms with Gasteiger partial charge >= 0.3 is 0 Å². The molecule has 22 heavy (non-hydrogen) atoms. The number of pyridine rings is 3. The Labute approximate surface area is 127 Å². The minimum absolute atomic E-state index is 0.244. The summed E-state index contributed by atoms with van der Waals surface area (Å²) in [6.07, 6.45) is 6.39. The quantitative estimate of drug-likeness (QED) is 0.772. The second kappa shape index (κ2) is 6.01. The zero-order chi connectivity index (χ0) is 15.4. The highest BCUT2D eigenvalue weighted by molar-refractivity contribution is 6.06. The smallest absolute Gasteiger partial charge is 0.255 e. The Hall–Kier alpha value is -3.28. The molecular formula is C16H13N5O. The van der Waals surface area contributed by atoms with Crippen LogP contribution in [0.15, 0.2) is 61.2 Å². The lowest BCUT2D eigenvalue weighted by molar-refractivity contribution is 0.102. The summed E-state index contributed by atoms with van der Waals surface area (Å²) < 4.78 is 0. The molecule has 3 N–H and O–H groups in total. The van der Waals surface area contributed by atoms with Gasteiger partial charge in [0.05, 0.1) is 11.4 Å². The number of carbonyl (C=O) groups is 1. The van der Waals surface area contributed by atoms with Gasteiger partial charge in [-0.2, -0.15) is 0 Å². The van der Waals surface area contributed by atoms with E-state index in [9.17, 15) is 4.79 Å². The molecule has 108 valence electrons. The summed E-state index contributed by atoms with van der Waals surface area (Å²) in [5.41, 5.74) is 8.57. The number of rotatable bonds is 3. The molecule has 0 aliphatic carbocycles. The van der Waals surface area contributed by atoms with Gasteiger partial charge in [-0.25, -0.2) is 0 Å². The highest BCUT2D eigenvalue weighted by Crippen LogP contribution is 2.28. The van der Waals surface area contributed by atoms with E-state index in [1.807, 2.05) is 0 Å². The van der Waals surface area contributed by atoms with Crippen molar-refractivity contribution in [2.45, 2.75) is 0 Å². The number of nitrogens with two attached hydrogens (primary N) is 1. The Morgan fingerprint density at radius 1 is 0.909 bits per heavy atom. The summed E-state index contributed by atoms with van der Waals surface area (Å²) in [6.45, 7) is 0. The van der Waals surface area contributed by atoms with E-state index in [0.29, 0.717) is 28.3 Å². The third kappa shape index (κ3) is 2.76. The van der Waals surface area contributed by atoms with Crippen LogP contribution in [-0.4, -0.2) is 20.9 Å². The molecule has 0 atom stereocenters. The van der Waals surface area contributed by atoms with Crippen molar-refractivity contribution in [2.24, 2.45) is 0 Å². The minimum atomic E-state index is -0.244. The Morgan fingerprint density at radius 2 is 1.59 bits per heavy atom. The SMILES string of the molecule is Nc1cccnc1-c1ncccc1NC(=O)c1ccncc1. The average Bonchev–Trinajstić information content (AvgIpc) is 2.57. The maximum atomic E-state index is 12.3. The molecule has 0 aromatic carbocycles. The topological polar surface area (TPSA) is 93.8 Å². The molecule has 0 aliphatic rings. The Kier molecular flexibility index (Phi) is 3.74. The Bertz CT molecular complexity index is 804. The highest BCUT2D eigenvalue weighted by Gasteiger charge is 2.13. The highest BCUT2D eigenvalue weighted by atomic mass is 16.1. The summed E-state index contributed by atoms with van der Waals surface area (Å²) in [5, 5.41) is 2.83. The minimum Gasteiger partial charge on any atom is -0.397 e. The molecule has 0 aliphatic heterocycles. The second-order valence-electron chi connectivity index (χ2n) is 4.53. The van der Waals surface area contributed by atoms with Crippen LogP contribution in [0.2, 0.25) is 0 Å². The molecule has 3 aromatic rings. The lowest BCUT2D eigenvalue weighted by Gasteiger charge is -2.11. The Balaban J connectivity index is 1.96. The van der Waals surface area contributed by atoms with Gasteiger partial charge in [-0.15, -0.1) is 0 Å². The van der Waals surface area contributed by atoms with Crippen LogP contribution in [0.4, 0.5) is 11.4 Å². The van der Waals surface area contributed by atoms with Gasteiger partial charge in [0.2, 0.25) is 0 Å². The number of nitrogens with zero attached hydrogens (tertiary/aromatic N) is 3. The second-order valence-corrected chi connectivity index (χ2v) is 4.53. The summed E-state index contributed by atoms with van der Waals surface area (Å²) >= 11 is 0. The van der Waals surface area contributed by atoms with Crippen molar-refractivity contribution < 1.29 is 4.79 Å². The first-order valence-electron chi connectivity index (χ1n) is 6.63. The van der Waals surface area contributed by atoms with Crippen LogP contribution >= 0.6 is 0 Å². The number of nitrogens with one attached hydrogen (secondary N) is 1. The maximum absolute atomic E-state index is 12.3. The number of carbonyl (C=O) groups excluding carboxylic acids is 1. The summed E-state index contributed by atoms with van der Waals surface area (Å²) in [4.78, 5) is 24.7. The van der Waals surface area contributed by atoms with Crippen LogP contribution in [0.1, 0.15) is 10.4 Å². The van der Waals surface area contributed by atoms with Gasteiger partial charge in [0.1, 0.15) is 11.4 Å². The largest absolute Gasteiger partial charge is 0.397 e. The Morgan fingerprint density at radius 3 is 2.32 bits per heavy atom. The van der Waals surface area contributed by atoms with Crippen molar-refractivity contribution in [3.8, 4) is 11.4 Å². The van der Waals surface area contributed by atoms with Gasteiger partial charge in [-0.1, -0.05) is 0 Å². The lowest BCUT2D eigenvalue weighted by atomic mass is 10.1. The van der Waals surface area contributed by atoms with Crippen LogP contribution in [0.25, 0.3) is 11.4 Å². The van der Waals surface area contributed by atoms with Gasteiger partial charge in [0.25, 0.3) is 5.91 Å². The predicted octanol–water partition coefficient (Wildman–Crippen LogP) is 2.37. The van der Waals surface area contributed by atoms with Crippen molar-refractivity contribution in [2.75, 3.05) is 11.1 Å². The van der Waals surface area contributed by atoms with E-state index < -0.39 is 0 Å². The molecule has 1 amide bonds. The van der Waals surface area contributed by atoms with Crippen molar-refractivity contribution in [1.29, 1.82) is 0 Å². The maximum Gasteiger partial charge on any atom is 0.255 e. The molecule has 0 saturated carbocycles. The fourth-order valence-corrected chi connectivity index (χ4v) is 2.01. The number of anilines is 2. The molecule has 0 radical (unpaired) electrons. The zero-order valence-electron chi connectivity index (χ0n) is 11.6. The first-order valence-corrected chi connectivity index (χ1v) is 6.63. The number of hydrogen-bond donors (Lipinski definition) is 2. The van der Waals surface area contributed by atoms with E-state index in [1.54, 1.807) is 61.2 Å². The van der Waals surface area contributed by atoms with Crippen LogP contribution in [0.3, 0.4) is 0 Å². The predicted molar refractivity (Wildman–Crippen MR) is 84.1 cm³/mol. The number of hydrogen-bond acceptors (Lipinski definition) is 5. The van der Waals surface area contributed by atoms with Gasteiger partial charge in [-0.05, 0) is 36.4 Å². The summed E-state index contributed by atoms with van der Waals surface area (Å²) in [6, 6.07) is 10.3. The molecule has 6 heteroatoms. The molecule has 0 spiro atoms. The van der Waals surface area contributed by atoms with Crippen LogP contribution < -0.4 is 11.1 Å². The lowest BCUT2D eigenvalue weighted by Crippen LogP contribution is -2.13. The van der Waals surface area contributed by atoms with Gasteiger partial charge in [0.15, 0.2) is 0 Å². The monoisotopic (exact) mass is 291 g/mol. The van der Waals surface area contributed by atoms with E-state index in [-0.39, 0.29) is 5.91 Å². The third-order valence-electron chi connectivity index (χ3n) is 3.06. The summed E-state index contributed by atoms with van der Waals surface area (Å²) in [7, 11) is 0. The fourth-order valence-electron chi connectivity index (χ4n) is 2.01. The van der Waals surface area contributed by atoms with Crippen LogP contribution in [0.5, 0.6) is 0 Å². The molecule has 0 saturated heterocycles. The normalized spacial score (nSPS) is 10.2. The fraction of sp³-hybridized carbons (Fsp3) is 0. The van der Waals surface area contributed by atoms with E-state index in [2.05, 4.69) is 20.3 Å². The first kappa shape index (κ1) is 13.7. The van der Waals surface area contributed by atoms with Crippen molar-refractivity contribution in [1.82, 2.24) is 15.0 Å². The molecule has 3 rings (SSSR count). The molecule has 0 fully saturated rings. The average molecular weight is 291 g/mol. The van der Waals surface area contributed by atoms with Gasteiger partial charge < -0.3 is 11.1 Å². The van der Waals surface area contributed by atoms with Gasteiger partial charge in [-0.3, -0.25) is 19.7 Å². The molecule has 0 unspecified atom stereocenters. The summed E-state index contributed by atoms with van der Waals surface area (Å²) in [5.74, 6) is -0.244. The van der Waals surface area contributed by atoms with E-state index in [0.717, 1.165) is 0 Å². The van der Waals surface area contributed by atoms with Crippen molar-refractivity contribution in [3.63, 3.8) is 0 Å². The number of aromatic nitrogens is 3. The zero-order valence-corrected chi connectivity index (χ0v) is 11.6. The first-order chi connectivity index (χ1) is 10.8.